The van der Waals surface area contributed by atoms with Gasteiger partial charge in [0, 0.05) is 32.4 Å². The maximum absolute atomic E-state index is 4.74. The molecular formula is C24H37IN6. The highest BCUT2D eigenvalue weighted by Crippen LogP contribution is 2.13. The van der Waals surface area contributed by atoms with Gasteiger partial charge in [-0.15, -0.1) is 24.0 Å². The molecule has 3 N–H and O–H groups in total. The summed E-state index contributed by atoms with van der Waals surface area (Å²) < 4.78 is 0. The van der Waals surface area contributed by atoms with Crippen molar-refractivity contribution >= 4 is 35.8 Å². The topological polar surface area (TPSA) is 64.6 Å². The van der Waals surface area contributed by atoms with Gasteiger partial charge in [0.1, 0.15) is 5.82 Å². The number of aliphatic imine (C=N–C) groups is 1. The molecule has 0 spiro atoms. The van der Waals surface area contributed by atoms with Crippen LogP contribution in [0.2, 0.25) is 0 Å². The summed E-state index contributed by atoms with van der Waals surface area (Å²) in [5.74, 6) is 1.82. The third-order valence-electron chi connectivity index (χ3n) is 5.26. The highest BCUT2D eigenvalue weighted by atomic mass is 127. The molecule has 2 heterocycles. The SMILES string of the molecule is CCNC(=NCc1ccc(CN2CCCC2)cc1)NCCCCNc1ccccn1.I. The minimum Gasteiger partial charge on any atom is -0.370 e. The van der Waals surface area contributed by atoms with Crippen LogP contribution in [0, 0.1) is 0 Å². The van der Waals surface area contributed by atoms with Crippen LogP contribution in [-0.2, 0) is 13.1 Å². The van der Waals surface area contributed by atoms with Gasteiger partial charge in [0.15, 0.2) is 5.96 Å². The lowest BCUT2D eigenvalue weighted by molar-refractivity contribution is 0.331. The number of pyridine rings is 1. The predicted octanol–water partition coefficient (Wildman–Crippen LogP) is 4.24. The zero-order valence-corrected chi connectivity index (χ0v) is 21.0. The third-order valence-corrected chi connectivity index (χ3v) is 5.26. The summed E-state index contributed by atoms with van der Waals surface area (Å²) in [6.07, 6.45) is 6.66. The number of unbranched alkanes of at least 4 members (excludes halogenated alkanes) is 1. The van der Waals surface area contributed by atoms with E-state index >= 15 is 0 Å². The van der Waals surface area contributed by atoms with Crippen LogP contribution < -0.4 is 16.0 Å². The summed E-state index contributed by atoms with van der Waals surface area (Å²) in [5, 5.41) is 10.1. The van der Waals surface area contributed by atoms with Crippen LogP contribution in [0.15, 0.2) is 53.7 Å². The largest absolute Gasteiger partial charge is 0.370 e. The third kappa shape index (κ3) is 9.86. The number of rotatable bonds is 11. The van der Waals surface area contributed by atoms with Gasteiger partial charge in [-0.3, -0.25) is 4.90 Å². The van der Waals surface area contributed by atoms with Gasteiger partial charge in [-0.25, -0.2) is 9.98 Å². The van der Waals surface area contributed by atoms with E-state index in [-0.39, 0.29) is 24.0 Å². The molecule has 1 aromatic heterocycles. The summed E-state index contributed by atoms with van der Waals surface area (Å²) in [6, 6.07) is 14.8. The normalized spacial score (nSPS) is 14.2. The predicted molar refractivity (Wildman–Crippen MR) is 141 cm³/mol. The molecule has 1 aliphatic rings. The maximum Gasteiger partial charge on any atom is 0.191 e. The van der Waals surface area contributed by atoms with E-state index in [1.165, 1.54) is 37.1 Å². The Labute approximate surface area is 204 Å². The van der Waals surface area contributed by atoms with Crippen LogP contribution in [0.1, 0.15) is 43.7 Å². The van der Waals surface area contributed by atoms with E-state index in [4.69, 9.17) is 4.99 Å². The zero-order chi connectivity index (χ0) is 20.9. The number of hydrogen-bond donors (Lipinski definition) is 3. The fourth-order valence-electron chi connectivity index (χ4n) is 3.60. The van der Waals surface area contributed by atoms with Gasteiger partial charge in [-0.2, -0.15) is 0 Å². The Kier molecular flexibility index (Phi) is 12.3. The van der Waals surface area contributed by atoms with Crippen molar-refractivity contribution in [2.24, 2.45) is 4.99 Å². The monoisotopic (exact) mass is 536 g/mol. The first kappa shape index (κ1) is 25.4. The molecule has 0 amide bonds. The number of likely N-dealkylation sites (tertiary alicyclic amines) is 1. The van der Waals surface area contributed by atoms with E-state index in [2.05, 4.69) is 57.0 Å². The Morgan fingerprint density at radius 1 is 0.968 bits per heavy atom. The Hall–Kier alpha value is -1.87. The summed E-state index contributed by atoms with van der Waals surface area (Å²) in [7, 11) is 0. The van der Waals surface area contributed by atoms with E-state index in [1.807, 2.05) is 24.4 Å². The molecule has 31 heavy (non-hydrogen) atoms. The van der Waals surface area contributed by atoms with Crippen LogP contribution >= 0.6 is 24.0 Å². The minimum absolute atomic E-state index is 0. The molecule has 1 aromatic carbocycles. The number of nitrogens with zero attached hydrogens (tertiary/aromatic N) is 3. The number of nitrogens with one attached hydrogen (secondary N) is 3. The fourth-order valence-corrected chi connectivity index (χ4v) is 3.60. The number of anilines is 1. The molecule has 1 fully saturated rings. The van der Waals surface area contributed by atoms with Gasteiger partial charge in [0.25, 0.3) is 0 Å². The average Bonchev–Trinajstić information content (AvgIpc) is 3.29. The molecule has 170 valence electrons. The van der Waals surface area contributed by atoms with Crippen molar-refractivity contribution in [2.75, 3.05) is 38.0 Å². The van der Waals surface area contributed by atoms with Crippen molar-refractivity contribution in [1.29, 1.82) is 0 Å². The molecule has 6 nitrogen and oxygen atoms in total. The molecule has 1 aliphatic heterocycles. The Morgan fingerprint density at radius 3 is 2.42 bits per heavy atom. The van der Waals surface area contributed by atoms with Crippen molar-refractivity contribution in [2.45, 2.75) is 45.7 Å². The first-order chi connectivity index (χ1) is 14.8. The molecule has 0 unspecified atom stereocenters. The maximum atomic E-state index is 4.74. The average molecular weight is 537 g/mol. The number of halogens is 1. The number of guanidine groups is 1. The second kappa shape index (κ2) is 15.0. The highest BCUT2D eigenvalue weighted by molar-refractivity contribution is 14.0. The molecule has 1 saturated heterocycles. The van der Waals surface area contributed by atoms with E-state index in [9.17, 15) is 0 Å². The Balaban J connectivity index is 0.00000341. The van der Waals surface area contributed by atoms with E-state index in [0.717, 1.165) is 50.8 Å². The van der Waals surface area contributed by atoms with E-state index in [0.29, 0.717) is 6.54 Å². The second-order valence-corrected chi connectivity index (χ2v) is 7.77. The summed E-state index contributed by atoms with van der Waals surface area (Å²) in [6.45, 7) is 9.04. The van der Waals surface area contributed by atoms with E-state index in [1.54, 1.807) is 0 Å². The molecule has 0 radical (unpaired) electrons. The van der Waals surface area contributed by atoms with Gasteiger partial charge in [0.05, 0.1) is 6.54 Å². The summed E-state index contributed by atoms with van der Waals surface area (Å²) in [4.78, 5) is 11.5. The molecule has 3 rings (SSSR count). The quantitative estimate of drug-likeness (QED) is 0.174. The highest BCUT2D eigenvalue weighted by Gasteiger charge is 2.11. The van der Waals surface area contributed by atoms with Crippen molar-refractivity contribution in [3.8, 4) is 0 Å². The van der Waals surface area contributed by atoms with Crippen molar-refractivity contribution in [1.82, 2.24) is 20.5 Å². The first-order valence-electron chi connectivity index (χ1n) is 11.3. The second-order valence-electron chi connectivity index (χ2n) is 7.77. The smallest absolute Gasteiger partial charge is 0.191 e. The lowest BCUT2D eigenvalue weighted by Gasteiger charge is -2.14. The lowest BCUT2D eigenvalue weighted by Crippen LogP contribution is -2.37. The van der Waals surface area contributed by atoms with Gasteiger partial charge in [-0.1, -0.05) is 30.3 Å². The molecule has 0 bridgehead atoms. The summed E-state index contributed by atoms with van der Waals surface area (Å²) in [5.41, 5.74) is 2.64. The molecule has 2 aromatic rings. The molecule has 0 atom stereocenters. The Morgan fingerprint density at radius 2 is 1.71 bits per heavy atom. The van der Waals surface area contributed by atoms with Crippen molar-refractivity contribution < 1.29 is 0 Å². The van der Waals surface area contributed by atoms with Gasteiger partial charge in [-0.05, 0) is 69.0 Å². The van der Waals surface area contributed by atoms with Crippen LogP contribution in [0.5, 0.6) is 0 Å². The summed E-state index contributed by atoms with van der Waals surface area (Å²) >= 11 is 0. The van der Waals surface area contributed by atoms with Gasteiger partial charge >= 0.3 is 0 Å². The van der Waals surface area contributed by atoms with Gasteiger partial charge < -0.3 is 16.0 Å². The zero-order valence-electron chi connectivity index (χ0n) is 18.6. The van der Waals surface area contributed by atoms with Crippen LogP contribution in [-0.4, -0.2) is 48.6 Å². The van der Waals surface area contributed by atoms with Crippen LogP contribution in [0.25, 0.3) is 0 Å². The number of aromatic nitrogens is 1. The molecule has 7 heteroatoms. The van der Waals surface area contributed by atoms with Crippen molar-refractivity contribution in [3.05, 3.63) is 59.8 Å². The van der Waals surface area contributed by atoms with Crippen molar-refractivity contribution in [3.63, 3.8) is 0 Å². The van der Waals surface area contributed by atoms with E-state index < -0.39 is 0 Å². The number of hydrogen-bond acceptors (Lipinski definition) is 4. The molecule has 0 aliphatic carbocycles. The standard InChI is InChI=1S/C24H36N6.HI/c1-2-25-24(28-16-6-5-15-27-23-9-3-4-14-26-23)29-19-21-10-12-22(13-11-21)20-30-17-7-8-18-30;/h3-4,9-14H,2,5-8,15-20H2,1H3,(H,26,27)(H2,25,28,29);1H. The molecular weight excluding hydrogens is 499 g/mol. The fraction of sp³-hybridized carbons (Fsp3) is 0.500. The first-order valence-corrected chi connectivity index (χ1v) is 11.3. The minimum atomic E-state index is 0. The number of benzene rings is 1. The van der Waals surface area contributed by atoms with Crippen LogP contribution in [0.4, 0.5) is 5.82 Å². The Bertz CT molecular complexity index is 744. The molecule has 0 saturated carbocycles. The lowest BCUT2D eigenvalue weighted by atomic mass is 10.1. The van der Waals surface area contributed by atoms with Gasteiger partial charge in [0.2, 0.25) is 0 Å². The van der Waals surface area contributed by atoms with Crippen LogP contribution in [0.3, 0.4) is 0 Å².